The molecule has 6 nitrogen and oxygen atoms in total. The summed E-state index contributed by atoms with van der Waals surface area (Å²) in [6, 6.07) is 8.39. The molecule has 0 amide bonds. The van der Waals surface area contributed by atoms with Gasteiger partial charge in [-0.2, -0.15) is 18.6 Å². The molecule has 0 aromatic rings. The van der Waals surface area contributed by atoms with Crippen molar-refractivity contribution in [1.29, 1.82) is 0 Å². The minimum atomic E-state index is -3.67. The van der Waals surface area contributed by atoms with E-state index in [0.29, 0.717) is 17.5 Å². The number of nitrogens with zero attached hydrogens (tertiary/aromatic N) is 2. The summed E-state index contributed by atoms with van der Waals surface area (Å²) in [6.45, 7) is 0. The van der Waals surface area contributed by atoms with E-state index in [2.05, 4.69) is 10.2 Å². The van der Waals surface area contributed by atoms with Crippen molar-refractivity contribution in [3.8, 4) is 11.3 Å². The molecule has 0 aromatic heterocycles. The monoisotopic (exact) mass is 254 g/mol. The molecule has 1 aliphatic carbocycles. The Kier molecular flexibility index (Phi) is 4.24. The summed E-state index contributed by atoms with van der Waals surface area (Å²) < 4.78 is 25.9. The zero-order valence-corrected chi connectivity index (χ0v) is 9.76. The number of fused-ring (bicyclic) bond motifs is 1. The van der Waals surface area contributed by atoms with Crippen LogP contribution in [0.25, 0.3) is 11.3 Å². The Morgan fingerprint density at radius 2 is 1.82 bits per heavy atom. The maximum absolute atomic E-state index is 11.2. The van der Waals surface area contributed by atoms with Crippen molar-refractivity contribution in [3.05, 3.63) is 46.8 Å². The number of aromatic nitrogens is 2. The quantitative estimate of drug-likeness (QED) is 0.685. The molecule has 0 radical (unpaired) electrons. The Balaban J connectivity index is 0.000000249. The first kappa shape index (κ1) is 13.2. The summed E-state index contributed by atoms with van der Waals surface area (Å²) in [7, 11) is -3.67. The first-order valence-corrected chi connectivity index (χ1v) is 6.36. The fourth-order valence-corrected chi connectivity index (χ4v) is 1.06. The van der Waals surface area contributed by atoms with Crippen LogP contribution in [-0.2, 0) is 10.1 Å². The minimum absolute atomic E-state index is 0.0157. The van der Waals surface area contributed by atoms with Crippen molar-refractivity contribution in [1.82, 2.24) is 10.2 Å². The first-order valence-electron chi connectivity index (χ1n) is 4.51. The van der Waals surface area contributed by atoms with Crippen LogP contribution in [0.15, 0.2) is 41.3 Å². The smallest absolute Gasteiger partial charge is 0.261 e. The predicted molar refractivity (Wildman–Crippen MR) is 62.4 cm³/mol. The average Bonchev–Trinajstić information content (AvgIpc) is 2.41. The molecule has 1 heterocycles. The van der Waals surface area contributed by atoms with Crippen molar-refractivity contribution in [2.45, 2.75) is 0 Å². The largest absolute Gasteiger partial charge is 0.289 e. The molecular weight excluding hydrogens is 244 g/mol. The highest BCUT2D eigenvalue weighted by atomic mass is 32.2. The number of hydrogen-bond donors (Lipinski definition) is 1. The van der Waals surface area contributed by atoms with Crippen LogP contribution >= 0.6 is 0 Å². The zero-order chi connectivity index (χ0) is 12.9. The highest BCUT2D eigenvalue weighted by Crippen LogP contribution is 2.09. The van der Waals surface area contributed by atoms with Crippen LogP contribution < -0.4 is 5.43 Å². The van der Waals surface area contributed by atoms with Gasteiger partial charge in [-0.15, -0.1) is 0 Å². The van der Waals surface area contributed by atoms with Gasteiger partial charge in [-0.25, -0.2) is 0 Å². The normalized spacial score (nSPS) is 10.5. The van der Waals surface area contributed by atoms with Gasteiger partial charge in [0.1, 0.15) is 0 Å². The third-order valence-corrected chi connectivity index (χ3v) is 1.62. The van der Waals surface area contributed by atoms with Crippen LogP contribution in [0.2, 0.25) is 0 Å². The number of benzene rings is 1. The lowest BCUT2D eigenvalue weighted by molar-refractivity contribution is 0.490. The van der Waals surface area contributed by atoms with Crippen LogP contribution in [-0.4, -0.2) is 29.4 Å². The number of hydrogen-bond acceptors (Lipinski definition) is 5. The fraction of sp³-hybridized carbons (Fsp3) is 0.100. The van der Waals surface area contributed by atoms with Gasteiger partial charge in [0.25, 0.3) is 10.1 Å². The van der Waals surface area contributed by atoms with Crippen molar-refractivity contribution in [3.63, 3.8) is 0 Å². The van der Waals surface area contributed by atoms with Crippen molar-refractivity contribution in [2.75, 3.05) is 6.26 Å². The maximum atomic E-state index is 11.2. The molecule has 2 rings (SSSR count). The Bertz CT molecular complexity index is 619. The zero-order valence-electron chi connectivity index (χ0n) is 8.94. The van der Waals surface area contributed by atoms with Gasteiger partial charge in [0.05, 0.1) is 11.9 Å². The molecule has 0 bridgehead atoms. The molecule has 0 spiro atoms. The summed E-state index contributed by atoms with van der Waals surface area (Å²) in [6.07, 6.45) is 2.27. The van der Waals surface area contributed by atoms with Gasteiger partial charge in [0, 0.05) is 11.8 Å². The van der Waals surface area contributed by atoms with E-state index in [0.717, 1.165) is 0 Å². The standard InChI is InChI=1S/C9H6N2O.CH4O3S/c12-9-5-1-4-8-7(9)3-2-6-10-11-8;1-5(2,3)4/h1-6H;1H3,(H,2,3,4). The molecule has 0 fully saturated rings. The second-order valence-corrected chi connectivity index (χ2v) is 4.61. The Hall–Kier alpha value is -1.86. The lowest BCUT2D eigenvalue weighted by Crippen LogP contribution is -2.02. The third kappa shape index (κ3) is 5.14. The van der Waals surface area contributed by atoms with Gasteiger partial charge in [-0.1, -0.05) is 6.07 Å². The summed E-state index contributed by atoms with van der Waals surface area (Å²) in [5, 5.41) is 7.58. The molecule has 0 unspecified atom stereocenters. The van der Waals surface area contributed by atoms with E-state index in [9.17, 15) is 13.2 Å². The molecule has 7 heteroatoms. The maximum Gasteiger partial charge on any atom is 0.261 e. The summed E-state index contributed by atoms with van der Waals surface area (Å²) in [4.78, 5) is 11.2. The second kappa shape index (κ2) is 5.46. The van der Waals surface area contributed by atoms with E-state index < -0.39 is 10.1 Å². The fourth-order valence-electron chi connectivity index (χ4n) is 1.06. The van der Waals surface area contributed by atoms with Crippen LogP contribution in [0.5, 0.6) is 0 Å². The van der Waals surface area contributed by atoms with Crippen LogP contribution in [0.3, 0.4) is 0 Å². The van der Waals surface area contributed by atoms with Gasteiger partial charge in [-0.3, -0.25) is 9.35 Å². The van der Waals surface area contributed by atoms with E-state index in [1.807, 2.05) is 0 Å². The van der Waals surface area contributed by atoms with Gasteiger partial charge in [0.15, 0.2) is 5.43 Å². The first-order chi connectivity index (χ1) is 7.88. The van der Waals surface area contributed by atoms with Gasteiger partial charge >= 0.3 is 0 Å². The van der Waals surface area contributed by atoms with Crippen LogP contribution in [0, 0.1) is 0 Å². The van der Waals surface area contributed by atoms with E-state index in [1.165, 1.54) is 6.07 Å². The molecule has 2 aliphatic rings. The summed E-state index contributed by atoms with van der Waals surface area (Å²) >= 11 is 0. The highest BCUT2D eigenvalue weighted by Gasteiger charge is 2.02. The molecule has 90 valence electrons. The van der Waals surface area contributed by atoms with Crippen molar-refractivity contribution >= 4 is 10.1 Å². The van der Waals surface area contributed by atoms with Crippen LogP contribution in [0.4, 0.5) is 0 Å². The Morgan fingerprint density at radius 1 is 1.18 bits per heavy atom. The molecule has 0 atom stereocenters. The van der Waals surface area contributed by atoms with E-state index in [1.54, 1.807) is 30.5 Å². The predicted octanol–water partition coefficient (Wildman–Crippen LogP) is 0.446. The van der Waals surface area contributed by atoms with Gasteiger partial charge in [-0.05, 0) is 24.3 Å². The van der Waals surface area contributed by atoms with Crippen molar-refractivity contribution in [2.24, 2.45) is 0 Å². The van der Waals surface area contributed by atoms with Crippen molar-refractivity contribution < 1.29 is 13.0 Å². The summed E-state index contributed by atoms with van der Waals surface area (Å²) in [5.74, 6) is 0. The van der Waals surface area contributed by atoms with Gasteiger partial charge in [0.2, 0.25) is 0 Å². The topological polar surface area (TPSA) is 97.2 Å². The molecule has 0 saturated carbocycles. The number of rotatable bonds is 0. The lowest BCUT2D eigenvalue weighted by atomic mass is 10.1. The Morgan fingerprint density at radius 3 is 2.47 bits per heavy atom. The highest BCUT2D eigenvalue weighted by molar-refractivity contribution is 7.85. The Labute approximate surface area is 98.0 Å². The lowest BCUT2D eigenvalue weighted by Gasteiger charge is -1.93. The van der Waals surface area contributed by atoms with E-state index in [-0.39, 0.29) is 5.43 Å². The molecule has 17 heavy (non-hydrogen) atoms. The van der Waals surface area contributed by atoms with E-state index >= 15 is 0 Å². The second-order valence-electron chi connectivity index (χ2n) is 3.15. The summed E-state index contributed by atoms with van der Waals surface area (Å²) in [5.41, 5.74) is 1.22. The molecule has 1 N–H and O–H groups in total. The SMILES string of the molecule is CS(=O)(=O)O.O=c1cccc2nncccc1-2. The third-order valence-electron chi connectivity index (χ3n) is 1.62. The molecule has 1 aliphatic heterocycles. The minimum Gasteiger partial charge on any atom is -0.289 e. The molecule has 0 aromatic carbocycles. The molecule has 0 saturated heterocycles. The van der Waals surface area contributed by atoms with Crippen LogP contribution in [0.1, 0.15) is 0 Å². The average molecular weight is 254 g/mol. The van der Waals surface area contributed by atoms with E-state index in [4.69, 9.17) is 4.55 Å². The van der Waals surface area contributed by atoms with Gasteiger partial charge < -0.3 is 0 Å². The molecular formula is C10H10N2O4S.